The van der Waals surface area contributed by atoms with Crippen molar-refractivity contribution in [3.05, 3.63) is 22.7 Å². The standard InChI is InChI=1S/C14H17BrN2O/c15-10-6-7-11-12(8-10)16-13(14(18)17-11)9-4-2-1-3-5-9/h6-9,13,16H,1-5H2,(H,17,18). The largest absolute Gasteiger partial charge is 0.372 e. The van der Waals surface area contributed by atoms with Crippen LogP contribution in [0.5, 0.6) is 0 Å². The van der Waals surface area contributed by atoms with Crippen LogP contribution >= 0.6 is 15.9 Å². The first-order valence-electron chi connectivity index (χ1n) is 6.61. The molecule has 1 aliphatic heterocycles. The van der Waals surface area contributed by atoms with Crippen LogP contribution in [0.25, 0.3) is 0 Å². The summed E-state index contributed by atoms with van der Waals surface area (Å²) in [7, 11) is 0. The van der Waals surface area contributed by atoms with Crippen molar-refractivity contribution in [2.75, 3.05) is 10.6 Å². The fraction of sp³-hybridized carbons (Fsp3) is 0.500. The molecule has 1 saturated carbocycles. The summed E-state index contributed by atoms with van der Waals surface area (Å²) in [5.74, 6) is 0.600. The second-order valence-electron chi connectivity index (χ2n) is 5.20. The Hall–Kier alpha value is -1.03. The van der Waals surface area contributed by atoms with Crippen molar-refractivity contribution >= 4 is 33.2 Å². The average Bonchev–Trinajstić information content (AvgIpc) is 2.39. The maximum atomic E-state index is 12.2. The van der Waals surface area contributed by atoms with Gasteiger partial charge >= 0.3 is 0 Å². The van der Waals surface area contributed by atoms with Gasteiger partial charge in [0.2, 0.25) is 5.91 Å². The highest BCUT2D eigenvalue weighted by Gasteiger charge is 2.33. The predicted molar refractivity (Wildman–Crippen MR) is 76.8 cm³/mol. The minimum absolute atomic E-state index is 0.0629. The highest BCUT2D eigenvalue weighted by atomic mass is 79.9. The summed E-state index contributed by atoms with van der Waals surface area (Å²) in [5.41, 5.74) is 1.91. The Morgan fingerprint density at radius 3 is 2.67 bits per heavy atom. The summed E-state index contributed by atoms with van der Waals surface area (Å²) in [6.45, 7) is 0. The average molecular weight is 309 g/mol. The Kier molecular flexibility index (Phi) is 3.29. The second-order valence-corrected chi connectivity index (χ2v) is 6.11. The third-order valence-corrected chi connectivity index (χ3v) is 4.45. The van der Waals surface area contributed by atoms with Gasteiger partial charge in [-0.2, -0.15) is 0 Å². The molecule has 3 nitrogen and oxygen atoms in total. The minimum atomic E-state index is -0.0629. The van der Waals surface area contributed by atoms with Crippen LogP contribution in [-0.4, -0.2) is 11.9 Å². The first kappa shape index (κ1) is 12.0. The normalized spacial score (nSPS) is 24.1. The molecule has 0 saturated heterocycles. The molecule has 1 atom stereocenters. The van der Waals surface area contributed by atoms with Gasteiger partial charge in [0.1, 0.15) is 6.04 Å². The van der Waals surface area contributed by atoms with Gasteiger partial charge in [-0.1, -0.05) is 35.2 Å². The van der Waals surface area contributed by atoms with E-state index in [1.807, 2.05) is 18.2 Å². The van der Waals surface area contributed by atoms with Gasteiger partial charge in [-0.25, -0.2) is 0 Å². The molecule has 1 aromatic rings. The van der Waals surface area contributed by atoms with Crippen molar-refractivity contribution in [2.24, 2.45) is 5.92 Å². The molecule has 1 fully saturated rings. The Morgan fingerprint density at radius 1 is 1.11 bits per heavy atom. The maximum Gasteiger partial charge on any atom is 0.247 e. The van der Waals surface area contributed by atoms with E-state index in [4.69, 9.17) is 0 Å². The molecule has 96 valence electrons. The fourth-order valence-corrected chi connectivity index (χ4v) is 3.35. The van der Waals surface area contributed by atoms with E-state index in [-0.39, 0.29) is 11.9 Å². The van der Waals surface area contributed by atoms with Gasteiger partial charge in [0.25, 0.3) is 0 Å². The molecule has 1 amide bonds. The molecular weight excluding hydrogens is 292 g/mol. The number of fused-ring (bicyclic) bond motifs is 1. The number of benzene rings is 1. The Labute approximate surface area is 115 Å². The first-order valence-corrected chi connectivity index (χ1v) is 7.40. The molecule has 0 spiro atoms. The van der Waals surface area contributed by atoms with Crippen LogP contribution in [0.15, 0.2) is 22.7 Å². The van der Waals surface area contributed by atoms with Gasteiger partial charge in [-0.3, -0.25) is 4.79 Å². The van der Waals surface area contributed by atoms with Crippen molar-refractivity contribution in [3.8, 4) is 0 Å². The molecule has 1 heterocycles. The quantitative estimate of drug-likeness (QED) is 0.829. The van der Waals surface area contributed by atoms with Crippen LogP contribution in [0.3, 0.4) is 0 Å². The van der Waals surface area contributed by atoms with Gasteiger partial charge in [-0.05, 0) is 37.0 Å². The minimum Gasteiger partial charge on any atom is -0.372 e. The molecule has 2 aliphatic rings. The Morgan fingerprint density at radius 2 is 1.89 bits per heavy atom. The van der Waals surface area contributed by atoms with E-state index in [0.717, 1.165) is 28.7 Å². The lowest BCUT2D eigenvalue weighted by Gasteiger charge is -2.34. The molecular formula is C14H17BrN2O. The predicted octanol–water partition coefficient (Wildman–Crippen LogP) is 3.76. The zero-order chi connectivity index (χ0) is 12.5. The van der Waals surface area contributed by atoms with Crippen LogP contribution in [0.2, 0.25) is 0 Å². The van der Waals surface area contributed by atoms with E-state index in [2.05, 4.69) is 26.6 Å². The van der Waals surface area contributed by atoms with Crippen molar-refractivity contribution in [1.82, 2.24) is 0 Å². The first-order chi connectivity index (χ1) is 8.74. The lowest BCUT2D eigenvalue weighted by atomic mass is 9.83. The maximum absolute atomic E-state index is 12.2. The summed E-state index contributed by atoms with van der Waals surface area (Å²) < 4.78 is 1.03. The van der Waals surface area contributed by atoms with Crippen molar-refractivity contribution in [2.45, 2.75) is 38.1 Å². The summed E-state index contributed by atoms with van der Waals surface area (Å²) in [5, 5.41) is 6.43. The lowest BCUT2D eigenvalue weighted by Crippen LogP contribution is -2.44. The number of nitrogens with one attached hydrogen (secondary N) is 2. The number of amides is 1. The highest BCUT2D eigenvalue weighted by molar-refractivity contribution is 9.10. The van der Waals surface area contributed by atoms with Gasteiger partial charge in [0.05, 0.1) is 11.4 Å². The molecule has 1 unspecified atom stereocenters. The fourth-order valence-electron chi connectivity index (χ4n) is 2.99. The number of rotatable bonds is 1. The van der Waals surface area contributed by atoms with Crippen LogP contribution < -0.4 is 10.6 Å². The zero-order valence-electron chi connectivity index (χ0n) is 10.2. The number of carbonyl (C=O) groups excluding carboxylic acids is 1. The smallest absolute Gasteiger partial charge is 0.247 e. The molecule has 1 aliphatic carbocycles. The third kappa shape index (κ3) is 2.26. The molecule has 0 radical (unpaired) electrons. The molecule has 0 aromatic heterocycles. The van der Waals surface area contributed by atoms with E-state index < -0.39 is 0 Å². The van der Waals surface area contributed by atoms with Gasteiger partial charge < -0.3 is 10.6 Å². The lowest BCUT2D eigenvalue weighted by molar-refractivity contribution is -0.118. The number of carbonyl (C=O) groups is 1. The van der Waals surface area contributed by atoms with Crippen molar-refractivity contribution in [3.63, 3.8) is 0 Å². The number of hydrogen-bond acceptors (Lipinski definition) is 2. The summed E-state index contributed by atoms with van der Waals surface area (Å²) >= 11 is 3.47. The van der Waals surface area contributed by atoms with Gasteiger partial charge in [0.15, 0.2) is 0 Å². The monoisotopic (exact) mass is 308 g/mol. The van der Waals surface area contributed by atoms with Gasteiger partial charge in [0, 0.05) is 4.47 Å². The van der Waals surface area contributed by atoms with E-state index in [0.29, 0.717) is 5.92 Å². The van der Waals surface area contributed by atoms with Crippen LogP contribution in [0, 0.1) is 5.92 Å². The second kappa shape index (κ2) is 4.92. The molecule has 1 aromatic carbocycles. The zero-order valence-corrected chi connectivity index (χ0v) is 11.8. The topological polar surface area (TPSA) is 41.1 Å². The van der Waals surface area contributed by atoms with Gasteiger partial charge in [-0.15, -0.1) is 0 Å². The number of halogens is 1. The molecule has 18 heavy (non-hydrogen) atoms. The van der Waals surface area contributed by atoms with E-state index >= 15 is 0 Å². The van der Waals surface area contributed by atoms with Crippen LogP contribution in [-0.2, 0) is 4.79 Å². The third-order valence-electron chi connectivity index (χ3n) is 3.95. The highest BCUT2D eigenvalue weighted by Crippen LogP contribution is 2.35. The van der Waals surface area contributed by atoms with Crippen molar-refractivity contribution in [1.29, 1.82) is 0 Å². The van der Waals surface area contributed by atoms with Crippen LogP contribution in [0.4, 0.5) is 11.4 Å². The molecule has 0 bridgehead atoms. The molecule has 2 N–H and O–H groups in total. The van der Waals surface area contributed by atoms with Crippen molar-refractivity contribution < 1.29 is 4.79 Å². The Bertz CT molecular complexity index is 469. The molecule has 3 rings (SSSR count). The SMILES string of the molecule is O=C1Nc2ccc(Br)cc2NC1C1CCCCC1. The Balaban J connectivity index is 1.83. The molecule has 4 heteroatoms. The summed E-state index contributed by atoms with van der Waals surface area (Å²) in [6, 6.07) is 5.85. The van der Waals surface area contributed by atoms with Crippen LogP contribution in [0.1, 0.15) is 32.1 Å². The van der Waals surface area contributed by atoms with E-state index in [9.17, 15) is 4.79 Å². The van der Waals surface area contributed by atoms with E-state index in [1.54, 1.807) is 0 Å². The van der Waals surface area contributed by atoms with E-state index in [1.165, 1.54) is 19.3 Å². The summed E-state index contributed by atoms with van der Waals surface area (Å²) in [4.78, 5) is 12.2. The number of anilines is 2. The number of hydrogen-bond donors (Lipinski definition) is 2. The summed E-state index contributed by atoms with van der Waals surface area (Å²) in [6.07, 6.45) is 6.14.